The van der Waals surface area contributed by atoms with Gasteiger partial charge in [-0.2, -0.15) is 0 Å². The second kappa shape index (κ2) is 11.4. The zero-order chi connectivity index (χ0) is 24.7. The number of esters is 2. The maximum atomic E-state index is 12.8. The second-order valence-corrected chi connectivity index (χ2v) is 8.09. The van der Waals surface area contributed by atoms with Gasteiger partial charge in [0.2, 0.25) is 0 Å². The molecule has 3 rings (SSSR count). The molecule has 1 aromatic carbocycles. The summed E-state index contributed by atoms with van der Waals surface area (Å²) in [4.78, 5) is 37.7. The number of benzene rings is 1. The van der Waals surface area contributed by atoms with Gasteiger partial charge in [0.15, 0.2) is 5.76 Å². The lowest BCUT2D eigenvalue weighted by molar-refractivity contribution is 0.0506. The molecular weight excluding hydrogens is 462 g/mol. The molecule has 0 radical (unpaired) electrons. The van der Waals surface area contributed by atoms with Gasteiger partial charge < -0.3 is 28.7 Å². The molecule has 0 saturated carbocycles. The van der Waals surface area contributed by atoms with Gasteiger partial charge in [-0.1, -0.05) is 6.92 Å². The number of hydrogen-bond donors (Lipinski definition) is 1. The van der Waals surface area contributed by atoms with Crippen LogP contribution in [0.4, 0.5) is 5.00 Å². The molecule has 10 heteroatoms. The Labute approximate surface area is 200 Å². The summed E-state index contributed by atoms with van der Waals surface area (Å²) < 4.78 is 26.4. The SMILES string of the molecule is CCCOC(=O)c1c(NC(=O)c2ccc(COc3ccc(OC)cc3)o2)sc(C(=O)OC)c1C. The number of thiophene rings is 1. The van der Waals surface area contributed by atoms with Crippen LogP contribution in [0.5, 0.6) is 11.5 Å². The van der Waals surface area contributed by atoms with Gasteiger partial charge in [-0.25, -0.2) is 9.59 Å². The first-order valence-electron chi connectivity index (χ1n) is 10.4. The van der Waals surface area contributed by atoms with Crippen LogP contribution in [-0.4, -0.2) is 38.7 Å². The average molecular weight is 488 g/mol. The normalized spacial score (nSPS) is 10.5. The Hall–Kier alpha value is -3.79. The van der Waals surface area contributed by atoms with Crippen molar-refractivity contribution in [1.82, 2.24) is 0 Å². The van der Waals surface area contributed by atoms with Gasteiger partial charge in [0.25, 0.3) is 5.91 Å². The van der Waals surface area contributed by atoms with Crippen LogP contribution in [0.25, 0.3) is 0 Å². The molecule has 0 spiro atoms. The van der Waals surface area contributed by atoms with E-state index in [1.165, 1.54) is 13.2 Å². The quantitative estimate of drug-likeness (QED) is 0.404. The van der Waals surface area contributed by atoms with Crippen molar-refractivity contribution in [1.29, 1.82) is 0 Å². The molecule has 0 aliphatic carbocycles. The monoisotopic (exact) mass is 487 g/mol. The summed E-state index contributed by atoms with van der Waals surface area (Å²) in [6, 6.07) is 10.2. The minimum Gasteiger partial charge on any atom is -0.497 e. The van der Waals surface area contributed by atoms with Gasteiger partial charge in [-0.05, 0) is 55.3 Å². The fraction of sp³-hybridized carbons (Fsp3) is 0.292. The van der Waals surface area contributed by atoms with Crippen molar-refractivity contribution in [2.45, 2.75) is 26.9 Å². The van der Waals surface area contributed by atoms with Gasteiger partial charge in [0.1, 0.15) is 33.7 Å². The lowest BCUT2D eigenvalue weighted by Gasteiger charge is -2.07. The topological polar surface area (TPSA) is 113 Å². The molecule has 2 aromatic heterocycles. The average Bonchev–Trinajstić information content (AvgIpc) is 3.45. The third-order valence-corrected chi connectivity index (χ3v) is 5.90. The van der Waals surface area contributed by atoms with Gasteiger partial charge in [-0.15, -0.1) is 11.3 Å². The smallest absolute Gasteiger partial charge is 0.348 e. The van der Waals surface area contributed by atoms with E-state index in [1.807, 2.05) is 6.92 Å². The molecule has 0 unspecified atom stereocenters. The summed E-state index contributed by atoms with van der Waals surface area (Å²) in [7, 11) is 2.82. The summed E-state index contributed by atoms with van der Waals surface area (Å²) in [5, 5.41) is 2.82. The van der Waals surface area contributed by atoms with Crippen LogP contribution in [0.1, 0.15) is 55.3 Å². The Morgan fingerprint density at radius 2 is 1.71 bits per heavy atom. The van der Waals surface area contributed by atoms with Crippen molar-refractivity contribution in [2.75, 3.05) is 26.1 Å². The predicted octanol–water partition coefficient (Wildman–Crippen LogP) is 4.84. The van der Waals surface area contributed by atoms with Crippen molar-refractivity contribution < 1.29 is 37.7 Å². The van der Waals surface area contributed by atoms with Crippen molar-refractivity contribution >= 4 is 34.2 Å². The molecule has 0 atom stereocenters. The minimum atomic E-state index is -0.630. The van der Waals surface area contributed by atoms with Crippen LogP contribution in [0.2, 0.25) is 0 Å². The van der Waals surface area contributed by atoms with E-state index in [0.717, 1.165) is 11.3 Å². The zero-order valence-electron chi connectivity index (χ0n) is 19.3. The van der Waals surface area contributed by atoms with Gasteiger partial charge in [-0.3, -0.25) is 4.79 Å². The maximum absolute atomic E-state index is 12.8. The van der Waals surface area contributed by atoms with E-state index in [1.54, 1.807) is 44.4 Å². The third-order valence-electron chi connectivity index (χ3n) is 4.71. The molecule has 34 heavy (non-hydrogen) atoms. The van der Waals surface area contributed by atoms with Crippen molar-refractivity contribution in [3.63, 3.8) is 0 Å². The number of hydrogen-bond acceptors (Lipinski definition) is 9. The number of nitrogens with one attached hydrogen (secondary N) is 1. The zero-order valence-corrected chi connectivity index (χ0v) is 20.1. The number of furan rings is 1. The van der Waals surface area contributed by atoms with Crippen molar-refractivity contribution in [3.05, 3.63) is 63.9 Å². The standard InChI is InChI=1S/C24H25NO8S/c1-5-12-31-23(27)19-14(2)20(24(28)30-4)34-22(19)25-21(26)18-11-10-17(33-18)13-32-16-8-6-15(29-3)7-9-16/h6-11H,5,12-13H2,1-4H3,(H,25,26). The van der Waals surface area contributed by atoms with E-state index >= 15 is 0 Å². The van der Waals surface area contributed by atoms with Crippen molar-refractivity contribution in [3.8, 4) is 11.5 Å². The van der Waals surface area contributed by atoms with Gasteiger partial charge in [0, 0.05) is 0 Å². The van der Waals surface area contributed by atoms with E-state index in [0.29, 0.717) is 29.2 Å². The molecule has 1 N–H and O–H groups in total. The largest absolute Gasteiger partial charge is 0.497 e. The summed E-state index contributed by atoms with van der Waals surface area (Å²) in [6.45, 7) is 3.79. The van der Waals surface area contributed by atoms with E-state index in [2.05, 4.69) is 5.32 Å². The van der Waals surface area contributed by atoms with Crippen LogP contribution in [0.3, 0.4) is 0 Å². The van der Waals surface area contributed by atoms with Crippen LogP contribution in [0, 0.1) is 6.92 Å². The first kappa shape index (κ1) is 24.8. The first-order chi connectivity index (χ1) is 16.4. The second-order valence-electron chi connectivity index (χ2n) is 7.07. The van der Waals surface area contributed by atoms with Crippen LogP contribution in [0.15, 0.2) is 40.8 Å². The number of methoxy groups -OCH3 is 2. The van der Waals surface area contributed by atoms with Crippen LogP contribution >= 0.6 is 11.3 Å². The summed E-state index contributed by atoms with van der Waals surface area (Å²) in [5.74, 6) is -0.0484. The highest BCUT2D eigenvalue weighted by atomic mass is 32.1. The van der Waals surface area contributed by atoms with E-state index in [4.69, 9.17) is 23.4 Å². The molecule has 2 heterocycles. The summed E-state index contributed by atoms with van der Waals surface area (Å²) in [5.41, 5.74) is 0.489. The Morgan fingerprint density at radius 1 is 1.00 bits per heavy atom. The van der Waals surface area contributed by atoms with Crippen LogP contribution in [-0.2, 0) is 16.1 Å². The molecule has 0 saturated heterocycles. The van der Waals surface area contributed by atoms with Crippen LogP contribution < -0.4 is 14.8 Å². The number of rotatable bonds is 10. The first-order valence-corrected chi connectivity index (χ1v) is 11.2. The highest BCUT2D eigenvalue weighted by Gasteiger charge is 2.28. The van der Waals surface area contributed by atoms with Gasteiger partial charge in [0.05, 0.1) is 26.4 Å². The molecule has 3 aromatic rings. The molecular formula is C24H25NO8S. The Balaban J connectivity index is 1.73. The Bertz CT molecular complexity index is 1160. The number of amides is 1. The fourth-order valence-electron chi connectivity index (χ4n) is 2.97. The number of anilines is 1. The highest BCUT2D eigenvalue weighted by Crippen LogP contribution is 2.34. The molecule has 0 fully saturated rings. The molecule has 1 amide bonds. The molecule has 180 valence electrons. The molecule has 0 aliphatic rings. The third kappa shape index (κ3) is 5.76. The van der Waals surface area contributed by atoms with E-state index in [-0.39, 0.29) is 34.4 Å². The number of carbonyl (C=O) groups excluding carboxylic acids is 3. The highest BCUT2D eigenvalue weighted by molar-refractivity contribution is 7.18. The molecule has 0 bridgehead atoms. The minimum absolute atomic E-state index is 0.0203. The number of carbonyl (C=O) groups is 3. The Kier molecular flexibility index (Phi) is 8.31. The van der Waals surface area contributed by atoms with Gasteiger partial charge >= 0.3 is 11.9 Å². The fourth-order valence-corrected chi connectivity index (χ4v) is 4.08. The summed E-state index contributed by atoms with van der Waals surface area (Å²) >= 11 is 0.937. The Morgan fingerprint density at radius 3 is 2.35 bits per heavy atom. The van der Waals surface area contributed by atoms with E-state index in [9.17, 15) is 14.4 Å². The molecule has 9 nitrogen and oxygen atoms in total. The maximum Gasteiger partial charge on any atom is 0.348 e. The lowest BCUT2D eigenvalue weighted by Crippen LogP contribution is -2.14. The molecule has 0 aliphatic heterocycles. The predicted molar refractivity (Wildman–Crippen MR) is 125 cm³/mol. The van der Waals surface area contributed by atoms with Crippen molar-refractivity contribution in [2.24, 2.45) is 0 Å². The summed E-state index contributed by atoms with van der Waals surface area (Å²) in [6.07, 6.45) is 0.633. The lowest BCUT2D eigenvalue weighted by atomic mass is 10.1. The number of ether oxygens (including phenoxy) is 4. The van der Waals surface area contributed by atoms with E-state index < -0.39 is 17.8 Å².